The quantitative estimate of drug-likeness (QED) is 0.691. The van der Waals surface area contributed by atoms with E-state index in [1.54, 1.807) is 12.0 Å². The SMILES string of the molecule is CCOC(=O)N1CCN(c2nc(Nc3ccc(OC)cc3)c3ccccc3n2)CC1. The van der Waals surface area contributed by atoms with E-state index in [9.17, 15) is 4.79 Å². The van der Waals surface area contributed by atoms with Crippen LogP contribution >= 0.6 is 0 Å². The maximum absolute atomic E-state index is 12.0. The smallest absolute Gasteiger partial charge is 0.409 e. The molecule has 8 nitrogen and oxygen atoms in total. The van der Waals surface area contributed by atoms with Crippen LogP contribution in [0.3, 0.4) is 0 Å². The number of carbonyl (C=O) groups excluding carboxylic acids is 1. The number of para-hydroxylation sites is 1. The van der Waals surface area contributed by atoms with Crippen molar-refractivity contribution in [2.75, 3.05) is 50.1 Å². The Morgan fingerprint density at radius 1 is 1.03 bits per heavy atom. The Morgan fingerprint density at radius 2 is 1.77 bits per heavy atom. The number of nitrogens with one attached hydrogen (secondary N) is 1. The maximum atomic E-state index is 12.0. The van der Waals surface area contributed by atoms with E-state index in [0.717, 1.165) is 28.2 Å². The van der Waals surface area contributed by atoms with Crippen molar-refractivity contribution in [3.63, 3.8) is 0 Å². The van der Waals surface area contributed by atoms with Gasteiger partial charge in [0.15, 0.2) is 0 Å². The summed E-state index contributed by atoms with van der Waals surface area (Å²) in [6, 6.07) is 15.6. The summed E-state index contributed by atoms with van der Waals surface area (Å²) in [4.78, 5) is 25.3. The lowest BCUT2D eigenvalue weighted by atomic mass is 10.2. The van der Waals surface area contributed by atoms with Crippen molar-refractivity contribution in [3.05, 3.63) is 48.5 Å². The standard InChI is InChI=1S/C22H25N5O3/c1-3-30-22(28)27-14-12-26(13-15-27)21-24-19-7-5-4-6-18(19)20(25-21)23-16-8-10-17(29-2)11-9-16/h4-11H,3,12-15H2,1-2H3,(H,23,24,25). The number of anilines is 3. The molecule has 1 aromatic heterocycles. The van der Waals surface area contributed by atoms with Crippen LogP contribution in [-0.2, 0) is 4.74 Å². The molecule has 1 amide bonds. The Kier molecular flexibility index (Phi) is 5.83. The number of aromatic nitrogens is 2. The first kappa shape index (κ1) is 19.8. The third-order valence-electron chi connectivity index (χ3n) is 5.03. The lowest BCUT2D eigenvalue weighted by Crippen LogP contribution is -2.49. The first-order valence-corrected chi connectivity index (χ1v) is 10.0. The molecule has 4 rings (SSSR count). The number of fused-ring (bicyclic) bond motifs is 1. The lowest BCUT2D eigenvalue weighted by Gasteiger charge is -2.34. The van der Waals surface area contributed by atoms with Crippen molar-refractivity contribution in [3.8, 4) is 5.75 Å². The fourth-order valence-electron chi connectivity index (χ4n) is 3.42. The number of piperazine rings is 1. The summed E-state index contributed by atoms with van der Waals surface area (Å²) in [5.41, 5.74) is 1.78. The zero-order chi connectivity index (χ0) is 20.9. The van der Waals surface area contributed by atoms with Crippen LogP contribution in [0.1, 0.15) is 6.92 Å². The molecule has 0 saturated carbocycles. The van der Waals surface area contributed by atoms with Gasteiger partial charge in [0.25, 0.3) is 0 Å². The molecule has 0 radical (unpaired) electrons. The second-order valence-electron chi connectivity index (χ2n) is 6.92. The van der Waals surface area contributed by atoms with Crippen molar-refractivity contribution in [2.24, 2.45) is 0 Å². The zero-order valence-electron chi connectivity index (χ0n) is 17.2. The summed E-state index contributed by atoms with van der Waals surface area (Å²) in [6.07, 6.45) is -0.265. The molecule has 1 aliphatic rings. The molecular weight excluding hydrogens is 382 g/mol. The van der Waals surface area contributed by atoms with Gasteiger partial charge in [-0.3, -0.25) is 0 Å². The summed E-state index contributed by atoms with van der Waals surface area (Å²) in [5.74, 6) is 2.19. The van der Waals surface area contributed by atoms with Crippen LogP contribution in [0, 0.1) is 0 Å². The minimum Gasteiger partial charge on any atom is -0.497 e. The summed E-state index contributed by atoms with van der Waals surface area (Å²) >= 11 is 0. The fraction of sp³-hybridized carbons (Fsp3) is 0.318. The molecule has 156 valence electrons. The molecule has 0 aliphatic carbocycles. The number of amides is 1. The molecule has 1 saturated heterocycles. The fourth-order valence-corrected chi connectivity index (χ4v) is 3.42. The molecule has 1 aliphatic heterocycles. The number of hydrogen-bond donors (Lipinski definition) is 1. The van der Waals surface area contributed by atoms with Gasteiger partial charge in [0.1, 0.15) is 11.6 Å². The van der Waals surface area contributed by atoms with Crippen LogP contribution in [0.25, 0.3) is 10.9 Å². The molecule has 30 heavy (non-hydrogen) atoms. The van der Waals surface area contributed by atoms with Crippen molar-refractivity contribution in [2.45, 2.75) is 6.92 Å². The molecule has 0 bridgehead atoms. The van der Waals surface area contributed by atoms with Gasteiger partial charge in [0.2, 0.25) is 5.95 Å². The van der Waals surface area contributed by atoms with E-state index in [0.29, 0.717) is 38.7 Å². The van der Waals surface area contributed by atoms with Crippen molar-refractivity contribution in [1.29, 1.82) is 0 Å². The van der Waals surface area contributed by atoms with Gasteiger partial charge >= 0.3 is 6.09 Å². The number of carbonyl (C=O) groups is 1. The molecule has 0 unspecified atom stereocenters. The van der Waals surface area contributed by atoms with E-state index in [1.807, 2.05) is 55.5 Å². The number of rotatable bonds is 5. The lowest BCUT2D eigenvalue weighted by molar-refractivity contribution is 0.105. The number of hydrogen-bond acceptors (Lipinski definition) is 7. The number of methoxy groups -OCH3 is 1. The van der Waals surface area contributed by atoms with E-state index >= 15 is 0 Å². The summed E-state index contributed by atoms with van der Waals surface area (Å²) in [5, 5.41) is 4.35. The van der Waals surface area contributed by atoms with Crippen LogP contribution in [0.4, 0.5) is 22.2 Å². The van der Waals surface area contributed by atoms with Crippen molar-refractivity contribution in [1.82, 2.24) is 14.9 Å². The van der Waals surface area contributed by atoms with Crippen LogP contribution in [-0.4, -0.2) is 60.9 Å². The van der Waals surface area contributed by atoms with Gasteiger partial charge in [-0.2, -0.15) is 4.98 Å². The van der Waals surface area contributed by atoms with Crippen LogP contribution in [0.15, 0.2) is 48.5 Å². The normalized spacial score (nSPS) is 13.9. The summed E-state index contributed by atoms with van der Waals surface area (Å²) in [7, 11) is 1.65. The first-order chi connectivity index (χ1) is 14.7. The van der Waals surface area contributed by atoms with Gasteiger partial charge in [0.05, 0.1) is 19.2 Å². The Morgan fingerprint density at radius 3 is 2.47 bits per heavy atom. The first-order valence-electron chi connectivity index (χ1n) is 10.0. The Bertz CT molecular complexity index is 1020. The van der Waals surface area contributed by atoms with E-state index in [-0.39, 0.29) is 6.09 Å². The van der Waals surface area contributed by atoms with Gasteiger partial charge in [-0.15, -0.1) is 0 Å². The van der Waals surface area contributed by atoms with Crippen LogP contribution in [0.2, 0.25) is 0 Å². The highest BCUT2D eigenvalue weighted by molar-refractivity contribution is 5.91. The summed E-state index contributed by atoms with van der Waals surface area (Å²) in [6.45, 7) is 4.66. The molecule has 1 fully saturated rings. The maximum Gasteiger partial charge on any atom is 0.409 e. The van der Waals surface area contributed by atoms with E-state index in [2.05, 4.69) is 10.2 Å². The van der Waals surface area contributed by atoms with E-state index < -0.39 is 0 Å². The van der Waals surface area contributed by atoms with Crippen molar-refractivity contribution < 1.29 is 14.3 Å². The Hall–Kier alpha value is -3.55. The summed E-state index contributed by atoms with van der Waals surface area (Å²) < 4.78 is 10.3. The highest BCUT2D eigenvalue weighted by atomic mass is 16.6. The van der Waals surface area contributed by atoms with Gasteiger partial charge in [-0.25, -0.2) is 9.78 Å². The minimum atomic E-state index is -0.265. The molecule has 8 heteroatoms. The molecule has 0 spiro atoms. The van der Waals surface area contributed by atoms with Crippen LogP contribution < -0.4 is 15.0 Å². The molecule has 2 aromatic carbocycles. The Labute approximate surface area is 175 Å². The molecular formula is C22H25N5O3. The van der Waals surface area contributed by atoms with Gasteiger partial charge in [-0.1, -0.05) is 12.1 Å². The second kappa shape index (κ2) is 8.86. The average molecular weight is 407 g/mol. The number of ether oxygens (including phenoxy) is 2. The Balaban J connectivity index is 1.58. The third-order valence-corrected chi connectivity index (χ3v) is 5.03. The van der Waals surface area contributed by atoms with Crippen LogP contribution in [0.5, 0.6) is 5.75 Å². The predicted octanol–water partition coefficient (Wildman–Crippen LogP) is 3.66. The second-order valence-corrected chi connectivity index (χ2v) is 6.92. The molecule has 2 heterocycles. The van der Waals surface area contributed by atoms with Gasteiger partial charge in [0, 0.05) is 37.3 Å². The molecule has 1 N–H and O–H groups in total. The van der Waals surface area contributed by atoms with Gasteiger partial charge < -0.3 is 24.6 Å². The predicted molar refractivity (Wildman–Crippen MR) is 117 cm³/mol. The minimum absolute atomic E-state index is 0.265. The third kappa shape index (κ3) is 4.22. The monoisotopic (exact) mass is 407 g/mol. The highest BCUT2D eigenvalue weighted by Gasteiger charge is 2.24. The van der Waals surface area contributed by atoms with E-state index in [4.69, 9.17) is 19.4 Å². The van der Waals surface area contributed by atoms with Gasteiger partial charge in [-0.05, 0) is 43.3 Å². The van der Waals surface area contributed by atoms with Crippen molar-refractivity contribution >= 4 is 34.4 Å². The topological polar surface area (TPSA) is 79.8 Å². The largest absolute Gasteiger partial charge is 0.497 e. The van der Waals surface area contributed by atoms with E-state index in [1.165, 1.54) is 0 Å². The zero-order valence-corrected chi connectivity index (χ0v) is 17.2. The average Bonchev–Trinajstić information content (AvgIpc) is 2.80. The highest BCUT2D eigenvalue weighted by Crippen LogP contribution is 2.27. The molecule has 3 aromatic rings. The number of benzene rings is 2. The number of nitrogens with zero attached hydrogens (tertiary/aromatic N) is 4. The molecule has 0 atom stereocenters.